The third-order valence-electron chi connectivity index (χ3n) is 5.06. The normalized spacial score (nSPS) is 11.6. The number of hydrogen-bond donors (Lipinski definition) is 3. The van der Waals surface area contributed by atoms with E-state index in [1.165, 1.54) is 0 Å². The molecule has 3 aromatic carbocycles. The summed E-state index contributed by atoms with van der Waals surface area (Å²) < 4.78 is 33.7. The highest BCUT2D eigenvalue weighted by atomic mass is 19.1. The smallest absolute Gasteiger partial charge is 0.305 e. The minimum atomic E-state index is -1.15. The number of rotatable bonds is 8. The third-order valence-corrected chi connectivity index (χ3v) is 5.06. The summed E-state index contributed by atoms with van der Waals surface area (Å²) in [5.74, 6) is -2.61. The zero-order chi connectivity index (χ0) is 24.9. The Morgan fingerprint density at radius 3 is 2.31 bits per heavy atom. The predicted octanol–water partition coefficient (Wildman–Crippen LogP) is 4.18. The van der Waals surface area contributed by atoms with Gasteiger partial charge in [-0.05, 0) is 42.0 Å². The molecule has 3 N–H and O–H groups in total. The fourth-order valence-electron chi connectivity index (χ4n) is 3.41. The predicted molar refractivity (Wildman–Crippen MR) is 122 cm³/mol. The number of carbonyl (C=O) groups excluding carboxylic acids is 1. The van der Waals surface area contributed by atoms with Crippen molar-refractivity contribution < 1.29 is 28.2 Å². The summed E-state index contributed by atoms with van der Waals surface area (Å²) in [6.45, 7) is 0. The summed E-state index contributed by atoms with van der Waals surface area (Å²) in [4.78, 5) is 36.5. The zero-order valence-electron chi connectivity index (χ0n) is 18.1. The molecule has 1 heterocycles. The van der Waals surface area contributed by atoms with Crippen molar-refractivity contribution in [3.8, 4) is 17.2 Å². The largest absolute Gasteiger partial charge is 0.481 e. The van der Waals surface area contributed by atoms with Crippen LogP contribution in [0.2, 0.25) is 0 Å². The fraction of sp³-hybridized carbons (Fsp3) is 0.0800. The second-order valence-corrected chi connectivity index (χ2v) is 7.55. The third kappa shape index (κ3) is 5.61. The number of nitrogens with zero attached hydrogens (tertiary/aromatic N) is 1. The van der Waals surface area contributed by atoms with E-state index in [0.29, 0.717) is 23.1 Å². The molecule has 0 fully saturated rings. The summed E-state index contributed by atoms with van der Waals surface area (Å²) in [5, 5.41) is 14.4. The number of aliphatic carboxylic acids is 1. The highest BCUT2D eigenvalue weighted by Gasteiger charge is 2.21. The van der Waals surface area contributed by atoms with E-state index in [9.17, 15) is 28.3 Å². The average molecular weight is 479 g/mol. The maximum absolute atomic E-state index is 14.1. The summed E-state index contributed by atoms with van der Waals surface area (Å²) in [5.41, 5.74) is -0.755. The Kier molecular flexibility index (Phi) is 6.72. The molecular formula is C25H19F2N3O5. The number of carboxylic acid groups (broad SMARTS) is 1. The summed E-state index contributed by atoms with van der Waals surface area (Å²) in [6.07, 6.45) is -0.428. The van der Waals surface area contributed by atoms with Gasteiger partial charge in [0.05, 0.1) is 12.5 Å². The monoisotopic (exact) mass is 479 g/mol. The molecule has 0 aliphatic rings. The topological polar surface area (TPSA) is 113 Å². The maximum Gasteiger partial charge on any atom is 0.305 e. The molecule has 1 amide bonds. The maximum atomic E-state index is 14.1. The summed E-state index contributed by atoms with van der Waals surface area (Å²) in [7, 11) is 0. The Bertz CT molecular complexity index is 1420. The highest BCUT2D eigenvalue weighted by molar-refractivity contribution is 5.92. The first-order valence-electron chi connectivity index (χ1n) is 10.4. The second-order valence-electron chi connectivity index (χ2n) is 7.55. The molecule has 1 atom stereocenters. The van der Waals surface area contributed by atoms with E-state index in [4.69, 9.17) is 4.74 Å². The van der Waals surface area contributed by atoms with Gasteiger partial charge in [-0.15, -0.1) is 0 Å². The average Bonchev–Trinajstić information content (AvgIpc) is 3.21. The summed E-state index contributed by atoms with van der Waals surface area (Å²) in [6, 6.07) is 18.2. The Hall–Kier alpha value is -4.73. The number of benzene rings is 3. The van der Waals surface area contributed by atoms with Gasteiger partial charge in [-0.3, -0.25) is 19.5 Å². The Balaban J connectivity index is 1.53. The van der Waals surface area contributed by atoms with Crippen LogP contribution in [-0.4, -0.2) is 26.8 Å². The van der Waals surface area contributed by atoms with Crippen LogP contribution in [0.25, 0.3) is 5.69 Å². The lowest BCUT2D eigenvalue weighted by atomic mass is 10.0. The van der Waals surface area contributed by atoms with Crippen LogP contribution in [-0.2, 0) is 4.79 Å². The second kappa shape index (κ2) is 10.0. The number of carbonyl (C=O) groups is 2. The molecule has 4 rings (SSSR count). The molecule has 0 saturated carbocycles. The number of nitrogens with one attached hydrogen (secondary N) is 2. The van der Waals surface area contributed by atoms with Gasteiger partial charge in [0, 0.05) is 12.1 Å². The number of aromatic amines is 1. The van der Waals surface area contributed by atoms with Gasteiger partial charge >= 0.3 is 5.97 Å². The van der Waals surface area contributed by atoms with Crippen LogP contribution < -0.4 is 15.6 Å². The van der Waals surface area contributed by atoms with Crippen molar-refractivity contribution in [1.82, 2.24) is 15.1 Å². The van der Waals surface area contributed by atoms with Gasteiger partial charge in [-0.1, -0.05) is 30.3 Å². The van der Waals surface area contributed by atoms with E-state index in [1.54, 1.807) is 36.4 Å². The lowest BCUT2D eigenvalue weighted by molar-refractivity contribution is -0.137. The standard InChI is InChI=1S/C25H19F2N3O5/c26-16-8-11-22(19(27)12-16)30-23(31)13-21(29-30)25(34)28-20(14-24(32)33)15-6-9-18(10-7-15)35-17-4-2-1-3-5-17/h1-13,20,29H,14H2,(H,28,34)(H,32,33). The van der Waals surface area contributed by atoms with Crippen LogP contribution in [0.1, 0.15) is 28.5 Å². The highest BCUT2D eigenvalue weighted by Crippen LogP contribution is 2.25. The number of para-hydroxylation sites is 1. The van der Waals surface area contributed by atoms with Crippen LogP contribution in [0.5, 0.6) is 11.5 Å². The first-order valence-corrected chi connectivity index (χ1v) is 10.4. The summed E-state index contributed by atoms with van der Waals surface area (Å²) >= 11 is 0. The van der Waals surface area contributed by atoms with Crippen LogP contribution in [0, 0.1) is 11.6 Å². The molecule has 0 aliphatic heterocycles. The van der Waals surface area contributed by atoms with Crippen molar-refractivity contribution in [3.63, 3.8) is 0 Å². The lowest BCUT2D eigenvalue weighted by Gasteiger charge is -2.17. The first kappa shape index (κ1) is 23.4. The Morgan fingerprint density at radius 1 is 0.971 bits per heavy atom. The van der Waals surface area contributed by atoms with Gasteiger partial charge in [-0.2, -0.15) is 0 Å². The number of carboxylic acids is 1. The van der Waals surface area contributed by atoms with Crippen LogP contribution in [0.3, 0.4) is 0 Å². The Morgan fingerprint density at radius 2 is 1.66 bits per heavy atom. The van der Waals surface area contributed by atoms with Crippen molar-refractivity contribution in [2.24, 2.45) is 0 Å². The van der Waals surface area contributed by atoms with Crippen LogP contribution in [0.15, 0.2) is 83.7 Å². The molecule has 1 unspecified atom stereocenters. The number of ether oxygens (including phenoxy) is 1. The van der Waals surface area contributed by atoms with Gasteiger partial charge in [0.25, 0.3) is 11.5 Å². The van der Waals surface area contributed by atoms with Crippen molar-refractivity contribution in [2.45, 2.75) is 12.5 Å². The van der Waals surface area contributed by atoms with Crippen molar-refractivity contribution in [2.75, 3.05) is 0 Å². The SMILES string of the molecule is O=C(O)CC(NC(=O)c1cc(=O)n(-c2ccc(F)cc2F)[nH]1)c1ccc(Oc2ccccc2)cc1. The molecule has 4 aromatic rings. The molecule has 8 nitrogen and oxygen atoms in total. The van der Waals surface area contributed by atoms with E-state index in [2.05, 4.69) is 10.4 Å². The Labute approximate surface area is 197 Å². The van der Waals surface area contributed by atoms with Gasteiger partial charge in [0.15, 0.2) is 5.82 Å². The minimum absolute atomic E-state index is 0.224. The molecule has 35 heavy (non-hydrogen) atoms. The quantitative estimate of drug-likeness (QED) is 0.351. The molecule has 10 heteroatoms. The van der Waals surface area contributed by atoms with Gasteiger partial charge < -0.3 is 15.2 Å². The van der Waals surface area contributed by atoms with Crippen molar-refractivity contribution >= 4 is 11.9 Å². The van der Waals surface area contributed by atoms with E-state index >= 15 is 0 Å². The lowest BCUT2D eigenvalue weighted by Crippen LogP contribution is -2.30. The molecule has 0 saturated heterocycles. The molecule has 0 aliphatic carbocycles. The number of aromatic nitrogens is 2. The molecular weight excluding hydrogens is 460 g/mol. The van der Waals surface area contributed by atoms with Crippen molar-refractivity contribution in [3.05, 3.63) is 112 Å². The number of hydrogen-bond acceptors (Lipinski definition) is 4. The number of amides is 1. The molecule has 0 radical (unpaired) electrons. The van der Waals surface area contributed by atoms with E-state index in [0.717, 1.165) is 22.9 Å². The van der Waals surface area contributed by atoms with Crippen molar-refractivity contribution in [1.29, 1.82) is 0 Å². The van der Waals surface area contributed by atoms with Gasteiger partial charge in [0.1, 0.15) is 28.7 Å². The molecule has 0 bridgehead atoms. The number of H-pyrrole nitrogens is 1. The van der Waals surface area contributed by atoms with Gasteiger partial charge in [0.2, 0.25) is 0 Å². The minimum Gasteiger partial charge on any atom is -0.481 e. The first-order chi connectivity index (χ1) is 16.8. The molecule has 0 spiro atoms. The van der Waals surface area contributed by atoms with Crippen LogP contribution >= 0.6 is 0 Å². The fourth-order valence-corrected chi connectivity index (χ4v) is 3.41. The molecule has 1 aromatic heterocycles. The van der Waals surface area contributed by atoms with E-state index in [-0.39, 0.29) is 11.4 Å². The van der Waals surface area contributed by atoms with Gasteiger partial charge in [-0.25, -0.2) is 13.5 Å². The number of halogens is 2. The zero-order valence-corrected chi connectivity index (χ0v) is 18.1. The van der Waals surface area contributed by atoms with E-state index < -0.39 is 41.5 Å². The van der Waals surface area contributed by atoms with Crippen LogP contribution in [0.4, 0.5) is 8.78 Å². The van der Waals surface area contributed by atoms with E-state index in [1.807, 2.05) is 18.2 Å². The molecule has 178 valence electrons.